The Morgan fingerprint density at radius 1 is 1.44 bits per heavy atom. The maximum absolute atomic E-state index is 11.6. The highest BCUT2D eigenvalue weighted by molar-refractivity contribution is 5.90. The van der Waals surface area contributed by atoms with E-state index in [2.05, 4.69) is 16.0 Å². The van der Waals surface area contributed by atoms with Crippen LogP contribution in [0, 0.1) is 0 Å². The van der Waals surface area contributed by atoms with Crippen LogP contribution in [0.15, 0.2) is 0 Å². The fourth-order valence-electron chi connectivity index (χ4n) is 2.31. The van der Waals surface area contributed by atoms with Crippen molar-refractivity contribution in [3.05, 3.63) is 0 Å². The lowest BCUT2D eigenvalue weighted by atomic mass is 10.1. The molecule has 3 N–H and O–H groups in total. The van der Waals surface area contributed by atoms with Crippen molar-refractivity contribution >= 4 is 11.8 Å². The summed E-state index contributed by atoms with van der Waals surface area (Å²) < 4.78 is 0. The molecular formula is C11H19N3O2. The van der Waals surface area contributed by atoms with Crippen molar-refractivity contribution in [2.24, 2.45) is 0 Å². The van der Waals surface area contributed by atoms with E-state index in [1.807, 2.05) is 0 Å². The van der Waals surface area contributed by atoms with Gasteiger partial charge in [-0.05, 0) is 32.2 Å². The van der Waals surface area contributed by atoms with Gasteiger partial charge >= 0.3 is 0 Å². The van der Waals surface area contributed by atoms with Gasteiger partial charge in [-0.3, -0.25) is 9.59 Å². The zero-order chi connectivity index (χ0) is 11.4. The van der Waals surface area contributed by atoms with E-state index in [4.69, 9.17) is 0 Å². The molecule has 0 bridgehead atoms. The number of amides is 2. The summed E-state index contributed by atoms with van der Waals surface area (Å²) in [5.41, 5.74) is 0. The zero-order valence-corrected chi connectivity index (χ0v) is 9.42. The lowest BCUT2D eigenvalue weighted by Crippen LogP contribution is -2.42. The van der Waals surface area contributed by atoms with Crippen LogP contribution in [0.4, 0.5) is 0 Å². The number of carbonyl (C=O) groups is 2. The zero-order valence-electron chi connectivity index (χ0n) is 9.42. The van der Waals surface area contributed by atoms with Gasteiger partial charge in [0.2, 0.25) is 11.8 Å². The maximum Gasteiger partial charge on any atom is 0.242 e. The van der Waals surface area contributed by atoms with Gasteiger partial charge in [0.1, 0.15) is 6.04 Å². The Bertz CT molecular complexity index is 274. The molecule has 0 radical (unpaired) electrons. The highest BCUT2D eigenvalue weighted by Crippen LogP contribution is 2.08. The molecule has 0 aromatic carbocycles. The van der Waals surface area contributed by atoms with Crippen molar-refractivity contribution in [1.29, 1.82) is 0 Å². The predicted molar refractivity (Wildman–Crippen MR) is 59.8 cm³/mol. The fourth-order valence-corrected chi connectivity index (χ4v) is 2.31. The van der Waals surface area contributed by atoms with Gasteiger partial charge in [0.05, 0.1) is 0 Å². The van der Waals surface area contributed by atoms with Gasteiger partial charge < -0.3 is 16.0 Å². The third-order valence-corrected chi connectivity index (χ3v) is 3.27. The average Bonchev–Trinajstić information content (AvgIpc) is 2.89. The van der Waals surface area contributed by atoms with Crippen molar-refractivity contribution in [3.8, 4) is 0 Å². The minimum Gasteiger partial charge on any atom is -0.354 e. The van der Waals surface area contributed by atoms with Crippen LogP contribution in [0.25, 0.3) is 0 Å². The highest BCUT2D eigenvalue weighted by atomic mass is 16.2. The van der Waals surface area contributed by atoms with Crippen LogP contribution in [-0.2, 0) is 9.59 Å². The molecule has 2 aliphatic heterocycles. The topological polar surface area (TPSA) is 70.2 Å². The van der Waals surface area contributed by atoms with Gasteiger partial charge in [-0.1, -0.05) is 0 Å². The molecule has 90 valence electrons. The highest BCUT2D eigenvalue weighted by Gasteiger charge is 2.26. The average molecular weight is 225 g/mol. The van der Waals surface area contributed by atoms with Crippen molar-refractivity contribution in [1.82, 2.24) is 16.0 Å². The molecule has 0 aromatic heterocycles. The Morgan fingerprint density at radius 3 is 2.94 bits per heavy atom. The van der Waals surface area contributed by atoms with Crippen LogP contribution in [0.2, 0.25) is 0 Å². The van der Waals surface area contributed by atoms with Gasteiger partial charge in [0.25, 0.3) is 0 Å². The first-order chi connectivity index (χ1) is 7.75. The molecule has 2 saturated heterocycles. The summed E-state index contributed by atoms with van der Waals surface area (Å²) in [4.78, 5) is 22.6. The van der Waals surface area contributed by atoms with Crippen LogP contribution < -0.4 is 16.0 Å². The molecular weight excluding hydrogens is 206 g/mol. The molecule has 2 aliphatic rings. The fraction of sp³-hybridized carbons (Fsp3) is 0.818. The smallest absolute Gasteiger partial charge is 0.242 e. The van der Waals surface area contributed by atoms with Crippen LogP contribution in [0.5, 0.6) is 0 Å². The molecule has 2 heterocycles. The molecule has 16 heavy (non-hydrogen) atoms. The molecule has 2 rings (SSSR count). The minimum absolute atomic E-state index is 0.0161. The van der Waals surface area contributed by atoms with E-state index < -0.39 is 0 Å². The maximum atomic E-state index is 11.6. The molecule has 0 spiro atoms. The third-order valence-electron chi connectivity index (χ3n) is 3.27. The minimum atomic E-state index is -0.302. The summed E-state index contributed by atoms with van der Waals surface area (Å²) in [6.07, 6.45) is 4.52. The second-order valence-corrected chi connectivity index (χ2v) is 4.53. The SMILES string of the molecule is O=C1CC[C@H](C(=O)NCC[C@H]2CCCN2)N1. The summed E-state index contributed by atoms with van der Waals surface area (Å²) >= 11 is 0. The normalized spacial score (nSPS) is 29.1. The quantitative estimate of drug-likeness (QED) is 0.605. The number of nitrogens with one attached hydrogen (secondary N) is 3. The first kappa shape index (κ1) is 11.4. The summed E-state index contributed by atoms with van der Waals surface area (Å²) in [5.74, 6) is -0.0542. The van der Waals surface area contributed by atoms with Gasteiger partial charge in [0, 0.05) is 19.0 Å². The standard InChI is InChI=1S/C11H19N3O2/c15-10-4-3-9(14-10)11(16)13-7-5-8-2-1-6-12-8/h8-9,12H,1-7H2,(H,13,16)(H,14,15)/t8-,9-/m1/s1. The van der Waals surface area contributed by atoms with Crippen molar-refractivity contribution in [2.75, 3.05) is 13.1 Å². The summed E-state index contributed by atoms with van der Waals surface area (Å²) in [7, 11) is 0. The Kier molecular flexibility index (Phi) is 3.77. The van der Waals surface area contributed by atoms with Crippen LogP contribution in [-0.4, -0.2) is 37.0 Å². The summed E-state index contributed by atoms with van der Waals surface area (Å²) in [5, 5.41) is 8.93. The second kappa shape index (κ2) is 5.30. The molecule has 2 amide bonds. The van der Waals surface area contributed by atoms with Crippen LogP contribution in [0.3, 0.4) is 0 Å². The predicted octanol–water partition coefficient (Wildman–Crippen LogP) is -0.477. The van der Waals surface area contributed by atoms with Gasteiger partial charge in [-0.25, -0.2) is 0 Å². The Morgan fingerprint density at radius 2 is 2.31 bits per heavy atom. The Balaban J connectivity index is 1.61. The number of hydrogen-bond donors (Lipinski definition) is 3. The molecule has 0 aliphatic carbocycles. The van der Waals surface area contributed by atoms with E-state index in [0.717, 1.165) is 13.0 Å². The number of rotatable bonds is 4. The first-order valence-corrected chi connectivity index (χ1v) is 6.06. The van der Waals surface area contributed by atoms with Crippen molar-refractivity contribution < 1.29 is 9.59 Å². The number of carbonyl (C=O) groups excluding carboxylic acids is 2. The van der Waals surface area contributed by atoms with E-state index in [0.29, 0.717) is 25.4 Å². The largest absolute Gasteiger partial charge is 0.354 e. The molecule has 2 atom stereocenters. The second-order valence-electron chi connectivity index (χ2n) is 4.53. The van der Waals surface area contributed by atoms with Gasteiger partial charge in [0.15, 0.2) is 0 Å². The lowest BCUT2D eigenvalue weighted by molar-refractivity contribution is -0.125. The number of hydrogen-bond acceptors (Lipinski definition) is 3. The van der Waals surface area contributed by atoms with Crippen molar-refractivity contribution in [2.45, 2.75) is 44.2 Å². The Hall–Kier alpha value is -1.10. The molecule has 0 aromatic rings. The third kappa shape index (κ3) is 2.95. The molecule has 5 heteroatoms. The first-order valence-electron chi connectivity index (χ1n) is 6.06. The van der Waals surface area contributed by atoms with E-state index >= 15 is 0 Å². The summed E-state index contributed by atoms with van der Waals surface area (Å²) in [6, 6.07) is 0.252. The van der Waals surface area contributed by atoms with Gasteiger partial charge in [-0.2, -0.15) is 0 Å². The monoisotopic (exact) mass is 225 g/mol. The van der Waals surface area contributed by atoms with Gasteiger partial charge in [-0.15, -0.1) is 0 Å². The van der Waals surface area contributed by atoms with Crippen molar-refractivity contribution in [3.63, 3.8) is 0 Å². The van der Waals surface area contributed by atoms with E-state index in [-0.39, 0.29) is 17.9 Å². The lowest BCUT2D eigenvalue weighted by Gasteiger charge is -2.13. The molecule has 5 nitrogen and oxygen atoms in total. The molecule has 2 fully saturated rings. The van der Waals surface area contributed by atoms with Crippen LogP contribution >= 0.6 is 0 Å². The van der Waals surface area contributed by atoms with E-state index in [1.165, 1.54) is 12.8 Å². The van der Waals surface area contributed by atoms with E-state index in [1.54, 1.807) is 0 Å². The molecule has 0 saturated carbocycles. The van der Waals surface area contributed by atoms with E-state index in [9.17, 15) is 9.59 Å². The molecule has 0 unspecified atom stereocenters. The summed E-state index contributed by atoms with van der Waals surface area (Å²) in [6.45, 7) is 1.79. The van der Waals surface area contributed by atoms with Crippen LogP contribution in [0.1, 0.15) is 32.1 Å². The Labute approximate surface area is 95.3 Å².